The van der Waals surface area contributed by atoms with Crippen LogP contribution in [0.5, 0.6) is 5.75 Å². The number of nitrogens with one attached hydrogen (secondary N) is 1. The molecular weight excluding hydrogens is 334 g/mol. The van der Waals surface area contributed by atoms with Crippen LogP contribution in [0.25, 0.3) is 0 Å². The number of fused-ring (bicyclic) bond motifs is 1. The molecule has 1 aromatic carbocycles. The highest BCUT2D eigenvalue weighted by Gasteiger charge is 2.59. The van der Waals surface area contributed by atoms with Gasteiger partial charge in [0.2, 0.25) is 15.7 Å². The number of methoxy groups -OCH3 is 1. The van der Waals surface area contributed by atoms with Crippen LogP contribution in [0.15, 0.2) is 29.2 Å². The molecule has 2 aliphatic heterocycles. The van der Waals surface area contributed by atoms with Gasteiger partial charge in [0, 0.05) is 19.0 Å². The van der Waals surface area contributed by atoms with E-state index in [2.05, 4.69) is 5.32 Å². The van der Waals surface area contributed by atoms with Crippen LogP contribution in [-0.2, 0) is 14.8 Å². The smallest absolute Gasteiger partial charge is 0.266 e. The van der Waals surface area contributed by atoms with Crippen molar-refractivity contribution in [3.8, 4) is 5.75 Å². The van der Waals surface area contributed by atoms with Gasteiger partial charge in [-0.05, 0) is 43.1 Å². The van der Waals surface area contributed by atoms with Gasteiger partial charge in [-0.1, -0.05) is 0 Å². The average Bonchev–Trinajstić information content (AvgIpc) is 2.89. The van der Waals surface area contributed by atoms with E-state index in [9.17, 15) is 18.3 Å². The number of rotatable bonds is 4. The topological polar surface area (TPSA) is 122 Å². The minimum atomic E-state index is -4.10. The minimum absolute atomic E-state index is 0.0179. The molecule has 2 aliphatic rings. The molecule has 0 aliphatic carbocycles. The number of carbonyl (C=O) groups is 1. The number of hydrogen-bond acceptors (Lipinski definition) is 6. The number of primary amides is 1. The Bertz CT molecular complexity index is 736. The van der Waals surface area contributed by atoms with Gasteiger partial charge >= 0.3 is 0 Å². The number of nitrogens with two attached hydrogens (primary N) is 1. The number of ether oxygens (including phenoxy) is 1. The van der Waals surface area contributed by atoms with Crippen LogP contribution in [-0.4, -0.2) is 55.7 Å². The number of piperidine rings is 1. The average molecular weight is 355 g/mol. The van der Waals surface area contributed by atoms with Gasteiger partial charge in [0.1, 0.15) is 5.75 Å². The molecule has 1 amide bonds. The van der Waals surface area contributed by atoms with Gasteiger partial charge in [0.05, 0.1) is 12.0 Å². The second-order valence-electron chi connectivity index (χ2n) is 6.18. The zero-order valence-electron chi connectivity index (χ0n) is 13.3. The predicted octanol–water partition coefficient (Wildman–Crippen LogP) is -0.758. The Morgan fingerprint density at radius 1 is 1.42 bits per heavy atom. The van der Waals surface area contributed by atoms with Gasteiger partial charge < -0.3 is 20.9 Å². The third-order valence-electron chi connectivity index (χ3n) is 4.81. The summed E-state index contributed by atoms with van der Waals surface area (Å²) >= 11 is 0. The second kappa shape index (κ2) is 5.99. The number of amides is 1. The van der Waals surface area contributed by atoms with Crippen molar-refractivity contribution in [2.75, 3.05) is 20.2 Å². The number of benzene rings is 1. The first kappa shape index (κ1) is 17.2. The van der Waals surface area contributed by atoms with Crippen LogP contribution in [0.2, 0.25) is 0 Å². The maximum absolute atomic E-state index is 13.1. The van der Waals surface area contributed by atoms with Crippen molar-refractivity contribution in [3.63, 3.8) is 0 Å². The van der Waals surface area contributed by atoms with Gasteiger partial charge in [-0.2, -0.15) is 4.31 Å². The van der Waals surface area contributed by atoms with E-state index in [0.717, 1.165) is 4.31 Å². The molecular formula is C15H21N3O5S. The van der Waals surface area contributed by atoms with Crippen LogP contribution < -0.4 is 15.8 Å². The van der Waals surface area contributed by atoms with Gasteiger partial charge in [-0.25, -0.2) is 8.42 Å². The van der Waals surface area contributed by atoms with E-state index >= 15 is 0 Å². The second-order valence-corrected chi connectivity index (χ2v) is 8.00. The number of nitrogens with zero attached hydrogens (tertiary/aromatic N) is 1. The Morgan fingerprint density at radius 3 is 2.67 bits per heavy atom. The minimum Gasteiger partial charge on any atom is -0.497 e. The van der Waals surface area contributed by atoms with Crippen molar-refractivity contribution >= 4 is 15.9 Å². The van der Waals surface area contributed by atoms with Crippen molar-refractivity contribution in [1.29, 1.82) is 0 Å². The first-order valence-corrected chi connectivity index (χ1v) is 9.16. The molecule has 0 radical (unpaired) electrons. The molecule has 2 saturated heterocycles. The molecule has 9 heteroatoms. The highest BCUT2D eigenvalue weighted by atomic mass is 32.2. The van der Waals surface area contributed by atoms with Gasteiger partial charge in [-0.3, -0.25) is 4.79 Å². The summed E-state index contributed by atoms with van der Waals surface area (Å²) in [6, 6.07) is 5.30. The molecule has 2 heterocycles. The maximum Gasteiger partial charge on any atom is 0.266 e. The first-order valence-electron chi connectivity index (χ1n) is 7.72. The molecule has 3 rings (SSSR count). The lowest BCUT2D eigenvalue weighted by Gasteiger charge is -2.35. The Balaban J connectivity index is 2.06. The Kier molecular flexibility index (Phi) is 4.28. The summed E-state index contributed by atoms with van der Waals surface area (Å²) < 4.78 is 32.1. The summed E-state index contributed by atoms with van der Waals surface area (Å²) in [5.74, 6) is -0.650. The molecule has 4 N–H and O–H groups in total. The number of aliphatic hydroxyl groups is 1. The molecule has 1 aromatic rings. The van der Waals surface area contributed by atoms with E-state index in [1.807, 2.05) is 0 Å². The molecule has 3 unspecified atom stereocenters. The monoisotopic (exact) mass is 355 g/mol. The molecule has 0 spiro atoms. The van der Waals surface area contributed by atoms with Crippen LogP contribution in [0.4, 0.5) is 0 Å². The highest BCUT2D eigenvalue weighted by Crippen LogP contribution is 2.43. The van der Waals surface area contributed by atoms with Crippen LogP contribution in [0, 0.1) is 5.92 Å². The zero-order valence-corrected chi connectivity index (χ0v) is 14.1. The SMILES string of the molecule is COc1ccc(S(=O)(=O)N2C3CNCCC3CC2(O)C(N)=O)cc1. The summed E-state index contributed by atoms with van der Waals surface area (Å²) in [6.07, 6.45) is 0.693. The normalized spacial score (nSPS) is 30.8. The Labute approximate surface area is 140 Å². The van der Waals surface area contributed by atoms with Crippen LogP contribution >= 0.6 is 0 Å². The summed E-state index contributed by atoms with van der Waals surface area (Å²) in [4.78, 5) is 11.9. The third kappa shape index (κ3) is 2.57. The van der Waals surface area contributed by atoms with E-state index in [0.29, 0.717) is 25.3 Å². The lowest BCUT2D eigenvalue weighted by molar-refractivity contribution is -0.146. The quantitative estimate of drug-likeness (QED) is 0.653. The Hall–Kier alpha value is -1.68. The van der Waals surface area contributed by atoms with Crippen molar-refractivity contribution in [1.82, 2.24) is 9.62 Å². The summed E-state index contributed by atoms with van der Waals surface area (Å²) in [6.45, 7) is 1.09. The van der Waals surface area contributed by atoms with E-state index < -0.39 is 27.7 Å². The number of sulfonamides is 1. The summed E-state index contributed by atoms with van der Waals surface area (Å²) in [5.41, 5.74) is 3.15. The van der Waals surface area contributed by atoms with Crippen molar-refractivity contribution in [3.05, 3.63) is 24.3 Å². The molecule has 24 heavy (non-hydrogen) atoms. The van der Waals surface area contributed by atoms with Gasteiger partial charge in [0.25, 0.3) is 5.91 Å². The molecule has 2 fully saturated rings. The fourth-order valence-corrected chi connectivity index (χ4v) is 5.46. The third-order valence-corrected chi connectivity index (χ3v) is 6.77. The fourth-order valence-electron chi connectivity index (χ4n) is 3.59. The Morgan fingerprint density at radius 2 is 2.08 bits per heavy atom. The summed E-state index contributed by atoms with van der Waals surface area (Å²) in [5, 5.41) is 13.9. The largest absolute Gasteiger partial charge is 0.497 e. The van der Waals surface area contributed by atoms with Gasteiger partial charge in [-0.15, -0.1) is 0 Å². The highest BCUT2D eigenvalue weighted by molar-refractivity contribution is 7.89. The molecule has 3 atom stereocenters. The van der Waals surface area contributed by atoms with Crippen LogP contribution in [0.3, 0.4) is 0 Å². The molecule has 0 aromatic heterocycles. The van der Waals surface area contributed by atoms with Crippen LogP contribution in [0.1, 0.15) is 12.8 Å². The van der Waals surface area contributed by atoms with E-state index in [1.54, 1.807) is 0 Å². The maximum atomic E-state index is 13.1. The molecule has 0 bridgehead atoms. The van der Waals surface area contributed by atoms with E-state index in [1.165, 1.54) is 31.4 Å². The molecule has 8 nitrogen and oxygen atoms in total. The van der Waals surface area contributed by atoms with Crippen molar-refractivity contribution in [2.45, 2.75) is 29.5 Å². The van der Waals surface area contributed by atoms with Crippen molar-refractivity contribution < 1.29 is 23.1 Å². The molecule has 0 saturated carbocycles. The first-order chi connectivity index (χ1) is 11.3. The van der Waals surface area contributed by atoms with E-state index in [-0.39, 0.29) is 17.2 Å². The van der Waals surface area contributed by atoms with Crippen molar-refractivity contribution in [2.24, 2.45) is 11.7 Å². The predicted molar refractivity (Wildman–Crippen MR) is 85.5 cm³/mol. The van der Waals surface area contributed by atoms with Gasteiger partial charge in [0.15, 0.2) is 0 Å². The standard InChI is InChI=1S/C15H21N3O5S/c1-23-11-2-4-12(5-3-11)24(21,22)18-13-9-17-7-6-10(13)8-15(18,20)14(16)19/h2-5,10,13,17,20H,6-9H2,1H3,(H2,16,19). The zero-order chi connectivity index (χ0) is 17.5. The fraction of sp³-hybridized carbons (Fsp3) is 0.533. The molecule has 132 valence electrons. The lowest BCUT2D eigenvalue weighted by atomic mass is 9.92. The lowest BCUT2D eigenvalue weighted by Crippen LogP contribution is -2.59. The number of hydrogen-bond donors (Lipinski definition) is 3. The number of carbonyl (C=O) groups excluding carboxylic acids is 1. The summed E-state index contributed by atoms with van der Waals surface area (Å²) in [7, 11) is -2.62. The van der Waals surface area contributed by atoms with E-state index in [4.69, 9.17) is 10.5 Å².